The largest absolute Gasteiger partial charge is 0.710 e. The van der Waals surface area contributed by atoms with Crippen molar-refractivity contribution in [1.82, 2.24) is 0 Å². The van der Waals surface area contributed by atoms with Crippen molar-refractivity contribution in [3.8, 4) is 0 Å². The lowest BCUT2D eigenvalue weighted by Crippen LogP contribution is -2.32. The summed E-state index contributed by atoms with van der Waals surface area (Å²) in [5.74, 6) is 0.841. The molecule has 2 aromatic rings. The van der Waals surface area contributed by atoms with Gasteiger partial charge in [0.15, 0.2) is 0 Å². The molecule has 0 atom stereocenters. The summed E-state index contributed by atoms with van der Waals surface area (Å²) in [5, 5.41) is 14.4. The van der Waals surface area contributed by atoms with E-state index in [1.54, 1.807) is 18.4 Å². The molecule has 7 nitrogen and oxygen atoms in total. The number of furan rings is 1. The first kappa shape index (κ1) is 10.9. The normalized spacial score (nSPS) is 10.4. The second-order valence-electron chi connectivity index (χ2n) is 3.52. The molecule has 0 spiro atoms. The SMILES string of the molecule is Nc1c[n+]([O-])c(NCc2ccco2)c(N)c1N. The van der Waals surface area contributed by atoms with Gasteiger partial charge in [0.25, 0.3) is 0 Å². The topological polar surface area (TPSA) is 130 Å². The van der Waals surface area contributed by atoms with Gasteiger partial charge in [0.2, 0.25) is 0 Å². The molecule has 2 rings (SSSR count). The van der Waals surface area contributed by atoms with E-state index in [2.05, 4.69) is 5.32 Å². The summed E-state index contributed by atoms with van der Waals surface area (Å²) in [4.78, 5) is 0. The zero-order valence-electron chi connectivity index (χ0n) is 9.01. The quantitative estimate of drug-likeness (QED) is 0.446. The van der Waals surface area contributed by atoms with E-state index in [0.717, 1.165) is 6.20 Å². The molecule has 0 saturated carbocycles. The molecule has 0 saturated heterocycles. The number of nitrogens with two attached hydrogens (primary N) is 3. The Bertz CT molecular complexity index is 524. The molecule has 0 unspecified atom stereocenters. The van der Waals surface area contributed by atoms with E-state index in [4.69, 9.17) is 21.6 Å². The van der Waals surface area contributed by atoms with Gasteiger partial charge in [-0.1, -0.05) is 0 Å². The van der Waals surface area contributed by atoms with Crippen LogP contribution in [0.3, 0.4) is 0 Å². The summed E-state index contributed by atoms with van der Waals surface area (Å²) < 4.78 is 5.66. The summed E-state index contributed by atoms with van der Waals surface area (Å²) in [6.07, 6.45) is 2.71. The molecule has 90 valence electrons. The smallest absolute Gasteiger partial charge is 0.303 e. The second kappa shape index (κ2) is 4.12. The van der Waals surface area contributed by atoms with Gasteiger partial charge in [-0.05, 0) is 12.1 Å². The van der Waals surface area contributed by atoms with E-state index in [-0.39, 0.29) is 22.9 Å². The summed E-state index contributed by atoms with van der Waals surface area (Å²) in [5.41, 5.74) is 17.3. The Morgan fingerprint density at radius 2 is 2.06 bits per heavy atom. The number of aromatic nitrogens is 1. The van der Waals surface area contributed by atoms with Gasteiger partial charge in [-0.3, -0.25) is 5.32 Å². The number of pyridine rings is 1. The third kappa shape index (κ3) is 2.03. The molecular weight excluding hydrogens is 222 g/mol. The highest BCUT2D eigenvalue weighted by molar-refractivity contribution is 5.82. The maximum atomic E-state index is 11.6. The van der Waals surface area contributed by atoms with Gasteiger partial charge in [-0.15, -0.1) is 0 Å². The monoisotopic (exact) mass is 235 g/mol. The molecule has 0 aliphatic carbocycles. The van der Waals surface area contributed by atoms with Crippen LogP contribution in [0.5, 0.6) is 0 Å². The summed E-state index contributed by atoms with van der Waals surface area (Å²) in [7, 11) is 0. The van der Waals surface area contributed by atoms with E-state index in [1.807, 2.05) is 0 Å². The van der Waals surface area contributed by atoms with E-state index in [1.165, 1.54) is 0 Å². The molecule has 0 fully saturated rings. The van der Waals surface area contributed by atoms with Crippen molar-refractivity contribution in [3.05, 3.63) is 35.6 Å². The zero-order chi connectivity index (χ0) is 12.4. The first-order valence-electron chi connectivity index (χ1n) is 4.92. The van der Waals surface area contributed by atoms with Gasteiger partial charge in [-0.25, -0.2) is 4.73 Å². The van der Waals surface area contributed by atoms with Crippen LogP contribution in [0.2, 0.25) is 0 Å². The van der Waals surface area contributed by atoms with Crippen LogP contribution in [0.15, 0.2) is 29.0 Å². The molecule has 2 heterocycles. The first-order valence-corrected chi connectivity index (χ1v) is 4.92. The Hall–Kier alpha value is -2.57. The maximum Gasteiger partial charge on any atom is 0.303 e. The van der Waals surface area contributed by atoms with Crippen molar-refractivity contribution >= 4 is 22.9 Å². The lowest BCUT2D eigenvalue weighted by molar-refractivity contribution is -0.588. The Morgan fingerprint density at radius 3 is 2.71 bits per heavy atom. The van der Waals surface area contributed by atoms with E-state index >= 15 is 0 Å². The lowest BCUT2D eigenvalue weighted by Gasteiger charge is -2.13. The standard InChI is InChI=1S/C10H13N5O2/c11-7-5-15(16)10(9(13)8(7)12)14-4-6-2-1-3-17-6/h1-3,5,14H,4,11-13H2. The van der Waals surface area contributed by atoms with Crippen LogP contribution in [-0.4, -0.2) is 0 Å². The molecule has 0 aliphatic rings. The fourth-order valence-corrected chi connectivity index (χ4v) is 1.42. The third-order valence-corrected chi connectivity index (χ3v) is 2.34. The van der Waals surface area contributed by atoms with Crippen molar-refractivity contribution in [2.24, 2.45) is 0 Å². The molecule has 0 aliphatic heterocycles. The van der Waals surface area contributed by atoms with E-state index in [9.17, 15) is 5.21 Å². The molecule has 0 bridgehead atoms. The van der Waals surface area contributed by atoms with Crippen molar-refractivity contribution < 1.29 is 9.15 Å². The highest BCUT2D eigenvalue weighted by Crippen LogP contribution is 2.26. The van der Waals surface area contributed by atoms with Crippen molar-refractivity contribution in [3.63, 3.8) is 0 Å². The van der Waals surface area contributed by atoms with Gasteiger partial charge in [0.05, 0.1) is 17.6 Å². The molecular formula is C10H13N5O2. The summed E-state index contributed by atoms with van der Waals surface area (Å²) in [6.45, 7) is 0.336. The Balaban J connectivity index is 2.24. The Labute approximate surface area is 97.4 Å². The second-order valence-corrected chi connectivity index (χ2v) is 3.52. The molecule has 7 N–H and O–H groups in total. The van der Waals surface area contributed by atoms with E-state index in [0.29, 0.717) is 17.0 Å². The summed E-state index contributed by atoms with van der Waals surface area (Å²) in [6, 6.07) is 3.53. The van der Waals surface area contributed by atoms with Crippen LogP contribution >= 0.6 is 0 Å². The van der Waals surface area contributed by atoms with Crippen molar-refractivity contribution in [1.29, 1.82) is 0 Å². The van der Waals surface area contributed by atoms with Crippen LogP contribution in [0, 0.1) is 5.21 Å². The summed E-state index contributed by atoms with van der Waals surface area (Å²) >= 11 is 0. The fourth-order valence-electron chi connectivity index (χ4n) is 1.42. The highest BCUT2D eigenvalue weighted by atomic mass is 16.5. The number of nitrogens with one attached hydrogen (secondary N) is 1. The minimum Gasteiger partial charge on any atom is -0.710 e. The van der Waals surface area contributed by atoms with Crippen molar-refractivity contribution in [2.75, 3.05) is 22.5 Å². The van der Waals surface area contributed by atoms with Crippen LogP contribution in [0.1, 0.15) is 5.76 Å². The lowest BCUT2D eigenvalue weighted by atomic mass is 10.3. The predicted molar refractivity (Wildman–Crippen MR) is 64.7 cm³/mol. The van der Waals surface area contributed by atoms with Crippen molar-refractivity contribution in [2.45, 2.75) is 6.54 Å². The molecule has 0 radical (unpaired) electrons. The minimum absolute atomic E-state index is 0.131. The van der Waals surface area contributed by atoms with Crippen LogP contribution in [0.4, 0.5) is 22.9 Å². The molecule has 2 aromatic heterocycles. The number of hydrogen-bond acceptors (Lipinski definition) is 6. The maximum absolute atomic E-state index is 11.6. The average molecular weight is 235 g/mol. The molecule has 7 heteroatoms. The van der Waals surface area contributed by atoms with Gasteiger partial charge >= 0.3 is 5.82 Å². The average Bonchev–Trinajstić information content (AvgIpc) is 2.79. The van der Waals surface area contributed by atoms with E-state index < -0.39 is 0 Å². The van der Waals surface area contributed by atoms with Crippen LogP contribution in [-0.2, 0) is 6.54 Å². The number of rotatable bonds is 3. The Kier molecular flexibility index (Phi) is 2.65. The number of hydrogen-bond donors (Lipinski definition) is 4. The highest BCUT2D eigenvalue weighted by Gasteiger charge is 2.15. The minimum atomic E-state index is 0.131. The molecule has 17 heavy (non-hydrogen) atoms. The molecule has 0 amide bonds. The van der Waals surface area contributed by atoms with Gasteiger partial charge in [0, 0.05) is 0 Å². The zero-order valence-corrected chi connectivity index (χ0v) is 9.01. The van der Waals surface area contributed by atoms with Crippen LogP contribution < -0.4 is 27.2 Å². The van der Waals surface area contributed by atoms with Crippen LogP contribution in [0.25, 0.3) is 0 Å². The third-order valence-electron chi connectivity index (χ3n) is 2.34. The fraction of sp³-hybridized carbons (Fsp3) is 0.100. The van der Waals surface area contributed by atoms with Gasteiger partial charge in [0.1, 0.15) is 24.2 Å². The number of anilines is 4. The van der Waals surface area contributed by atoms with Gasteiger partial charge in [-0.2, -0.15) is 0 Å². The predicted octanol–water partition coefficient (Wildman–Crippen LogP) is 0.272. The number of nitrogen functional groups attached to an aromatic ring is 3. The molecule has 0 aromatic carbocycles. The first-order chi connectivity index (χ1) is 8.09. The number of nitrogens with zero attached hydrogens (tertiary/aromatic N) is 1. The van der Waals surface area contributed by atoms with Gasteiger partial charge < -0.3 is 26.8 Å². The Morgan fingerprint density at radius 1 is 1.29 bits per heavy atom.